The predicted octanol–water partition coefficient (Wildman–Crippen LogP) is 2.06. The van der Waals surface area contributed by atoms with Crippen LogP contribution in [0.3, 0.4) is 0 Å². The minimum Gasteiger partial charge on any atom is -0.295 e. The smallest absolute Gasteiger partial charge is 0.179 e. The molecule has 0 N–H and O–H groups in total. The Morgan fingerprint density at radius 1 is 1.38 bits per heavy atom. The van der Waals surface area contributed by atoms with E-state index in [0.717, 1.165) is 0 Å². The van der Waals surface area contributed by atoms with E-state index in [-0.39, 0.29) is 11.6 Å². The van der Waals surface area contributed by atoms with Gasteiger partial charge in [-0.05, 0) is 19.1 Å². The molecule has 0 aliphatic heterocycles. The summed E-state index contributed by atoms with van der Waals surface area (Å²) in [4.78, 5) is 21.2. The van der Waals surface area contributed by atoms with Crippen LogP contribution in [0.15, 0.2) is 24.3 Å². The number of alkyl halides is 2. The van der Waals surface area contributed by atoms with Crippen molar-refractivity contribution in [3.63, 3.8) is 0 Å². The van der Waals surface area contributed by atoms with Gasteiger partial charge in [-0.3, -0.25) is 9.59 Å². The minimum atomic E-state index is -1.06. The summed E-state index contributed by atoms with van der Waals surface area (Å²) in [6.45, 7) is 1.66. The first-order valence-corrected chi connectivity index (χ1v) is 4.58. The molecule has 0 amide bonds. The molecule has 1 aliphatic carbocycles. The molecule has 0 heterocycles. The Morgan fingerprint density at radius 2 is 1.85 bits per heavy atom. The number of rotatable bonds is 2. The van der Waals surface area contributed by atoms with Gasteiger partial charge in [-0.1, -0.05) is 35.4 Å². The van der Waals surface area contributed by atoms with Crippen LogP contribution in [0.2, 0.25) is 0 Å². The molecule has 0 bridgehead atoms. The molecule has 0 spiro atoms. The van der Waals surface area contributed by atoms with Crippen LogP contribution in [-0.2, 0) is 9.59 Å². The number of ketones is 2. The highest BCUT2D eigenvalue weighted by Crippen LogP contribution is 2.28. The molecule has 2 nitrogen and oxygen atoms in total. The normalized spacial score (nSPS) is 19.5. The summed E-state index contributed by atoms with van der Waals surface area (Å²) in [5.41, 5.74) is -0.845. The van der Waals surface area contributed by atoms with Crippen LogP contribution in [0.5, 0.6) is 0 Å². The lowest BCUT2D eigenvalue weighted by Crippen LogP contribution is -2.30. The number of hydrogen-bond donors (Lipinski definition) is 0. The van der Waals surface area contributed by atoms with Gasteiger partial charge in [-0.25, -0.2) is 0 Å². The first-order chi connectivity index (χ1) is 5.96. The Kier molecular flexibility index (Phi) is 2.94. The highest BCUT2D eigenvalue weighted by molar-refractivity contribution is 6.54. The largest absolute Gasteiger partial charge is 0.295 e. The second kappa shape index (κ2) is 3.64. The maximum Gasteiger partial charge on any atom is 0.179 e. The summed E-state index contributed by atoms with van der Waals surface area (Å²) in [7, 11) is 0. The molecule has 0 radical (unpaired) electrons. The van der Waals surface area contributed by atoms with Crippen LogP contribution < -0.4 is 0 Å². The molecule has 0 fully saturated rings. The van der Waals surface area contributed by atoms with Gasteiger partial charge in [0.25, 0.3) is 0 Å². The highest BCUT2D eigenvalue weighted by atomic mass is 35.5. The van der Waals surface area contributed by atoms with Gasteiger partial charge in [-0.15, -0.1) is 0 Å². The zero-order valence-electron chi connectivity index (χ0n) is 6.96. The fourth-order valence-corrected chi connectivity index (χ4v) is 1.49. The fourth-order valence-electron chi connectivity index (χ4n) is 1.02. The number of carbonyl (C=O) groups excluding carboxylic acids is 2. The molecule has 0 aromatic heterocycles. The van der Waals surface area contributed by atoms with Gasteiger partial charge in [0.05, 0.1) is 5.41 Å². The summed E-state index contributed by atoms with van der Waals surface area (Å²) < 4.78 is 0. The van der Waals surface area contributed by atoms with Crippen molar-refractivity contribution in [2.24, 2.45) is 5.41 Å². The number of allylic oxidation sites excluding steroid dienone is 4. The summed E-state index contributed by atoms with van der Waals surface area (Å²) in [5.74, 6) is -0.457. The van der Waals surface area contributed by atoms with E-state index in [2.05, 4.69) is 0 Å². The molecule has 0 saturated heterocycles. The molecular weight excluding hydrogens is 211 g/mol. The standard InChI is InChI=1S/C9H8Cl2O2/c1-9(7(13)8(10)11)4-2-6(12)3-5-9/h2-5,8H,1H3. The molecule has 0 aromatic carbocycles. The van der Waals surface area contributed by atoms with E-state index < -0.39 is 10.3 Å². The highest BCUT2D eigenvalue weighted by Gasteiger charge is 2.33. The lowest BCUT2D eigenvalue weighted by Gasteiger charge is -2.22. The van der Waals surface area contributed by atoms with E-state index in [9.17, 15) is 9.59 Å². The Labute approximate surface area is 86.2 Å². The number of Topliss-reactive ketones (excluding diaryl/α,β-unsaturated/α-hetero) is 1. The van der Waals surface area contributed by atoms with Crippen LogP contribution in [0.25, 0.3) is 0 Å². The van der Waals surface area contributed by atoms with E-state index in [1.807, 2.05) is 0 Å². The van der Waals surface area contributed by atoms with E-state index >= 15 is 0 Å². The number of carbonyl (C=O) groups is 2. The van der Waals surface area contributed by atoms with Gasteiger partial charge in [0, 0.05) is 0 Å². The maximum atomic E-state index is 11.4. The molecule has 1 rings (SSSR count). The molecule has 13 heavy (non-hydrogen) atoms. The van der Waals surface area contributed by atoms with Gasteiger partial charge in [0.1, 0.15) is 0 Å². The second-order valence-electron chi connectivity index (χ2n) is 3.02. The van der Waals surface area contributed by atoms with E-state index in [1.165, 1.54) is 24.3 Å². The Hall–Kier alpha value is -0.600. The lowest BCUT2D eigenvalue weighted by atomic mass is 9.82. The van der Waals surface area contributed by atoms with Gasteiger partial charge in [0.2, 0.25) is 0 Å². The number of halogens is 2. The predicted molar refractivity (Wildman–Crippen MR) is 51.9 cm³/mol. The lowest BCUT2D eigenvalue weighted by molar-refractivity contribution is -0.122. The summed E-state index contributed by atoms with van der Waals surface area (Å²) in [6.07, 6.45) is 5.70. The van der Waals surface area contributed by atoms with Gasteiger partial charge in [-0.2, -0.15) is 0 Å². The Morgan fingerprint density at radius 3 is 2.23 bits per heavy atom. The molecule has 0 aromatic rings. The quantitative estimate of drug-likeness (QED) is 0.666. The van der Waals surface area contributed by atoms with Crippen molar-refractivity contribution >= 4 is 34.8 Å². The summed E-state index contributed by atoms with van der Waals surface area (Å²) in [6, 6.07) is 0. The molecule has 0 saturated carbocycles. The number of hydrogen-bond acceptors (Lipinski definition) is 2. The van der Waals surface area contributed by atoms with Crippen molar-refractivity contribution < 1.29 is 9.59 Å². The van der Waals surface area contributed by atoms with Crippen molar-refractivity contribution in [2.75, 3.05) is 0 Å². The molecule has 70 valence electrons. The minimum absolute atomic E-state index is 0.133. The SMILES string of the molecule is CC1(C(=O)C(Cl)Cl)C=CC(=O)C=C1. The molecule has 0 atom stereocenters. The van der Waals surface area contributed by atoms with Crippen LogP contribution >= 0.6 is 23.2 Å². The van der Waals surface area contributed by atoms with Crippen molar-refractivity contribution in [3.05, 3.63) is 24.3 Å². The monoisotopic (exact) mass is 218 g/mol. The molecule has 1 aliphatic rings. The summed E-state index contributed by atoms with van der Waals surface area (Å²) >= 11 is 10.9. The Bertz CT molecular complexity index is 287. The Balaban J connectivity index is 2.91. The molecular formula is C9H8Cl2O2. The van der Waals surface area contributed by atoms with Crippen molar-refractivity contribution in [2.45, 2.75) is 11.8 Å². The van der Waals surface area contributed by atoms with Crippen LogP contribution in [0.1, 0.15) is 6.92 Å². The maximum absolute atomic E-state index is 11.4. The zero-order chi connectivity index (χ0) is 10.1. The van der Waals surface area contributed by atoms with Crippen LogP contribution in [0, 0.1) is 5.41 Å². The third kappa shape index (κ3) is 2.20. The average molecular weight is 219 g/mol. The van der Waals surface area contributed by atoms with Crippen molar-refractivity contribution in [1.82, 2.24) is 0 Å². The first-order valence-electron chi connectivity index (χ1n) is 3.70. The van der Waals surface area contributed by atoms with E-state index in [0.29, 0.717) is 0 Å². The first kappa shape index (κ1) is 10.5. The summed E-state index contributed by atoms with van der Waals surface area (Å²) in [5, 5.41) is 0. The molecule has 0 unspecified atom stereocenters. The van der Waals surface area contributed by atoms with Gasteiger partial charge in [0.15, 0.2) is 16.4 Å². The third-order valence-corrected chi connectivity index (χ3v) is 2.31. The van der Waals surface area contributed by atoms with Crippen LogP contribution in [0.4, 0.5) is 0 Å². The van der Waals surface area contributed by atoms with E-state index in [1.54, 1.807) is 6.92 Å². The van der Waals surface area contributed by atoms with Crippen molar-refractivity contribution in [1.29, 1.82) is 0 Å². The molecule has 4 heteroatoms. The topological polar surface area (TPSA) is 34.1 Å². The van der Waals surface area contributed by atoms with Gasteiger partial charge < -0.3 is 0 Å². The van der Waals surface area contributed by atoms with Gasteiger partial charge >= 0.3 is 0 Å². The average Bonchev–Trinajstić information content (AvgIpc) is 2.09. The second-order valence-corrected chi connectivity index (χ2v) is 4.11. The third-order valence-electron chi connectivity index (χ3n) is 1.92. The van der Waals surface area contributed by atoms with Crippen molar-refractivity contribution in [3.8, 4) is 0 Å². The van der Waals surface area contributed by atoms with E-state index in [4.69, 9.17) is 23.2 Å². The van der Waals surface area contributed by atoms with Crippen LogP contribution in [-0.4, -0.2) is 16.4 Å². The zero-order valence-corrected chi connectivity index (χ0v) is 8.47. The fraction of sp³-hybridized carbons (Fsp3) is 0.333.